The first-order chi connectivity index (χ1) is 9.22. The van der Waals surface area contributed by atoms with Gasteiger partial charge in [0.2, 0.25) is 0 Å². The van der Waals surface area contributed by atoms with Crippen molar-refractivity contribution in [3.05, 3.63) is 35.4 Å². The molecule has 1 heterocycles. The number of nitrogens with two attached hydrogens (primary N) is 1. The van der Waals surface area contributed by atoms with E-state index in [1.807, 2.05) is 31.3 Å². The third kappa shape index (κ3) is 3.55. The third-order valence-electron chi connectivity index (χ3n) is 3.58. The maximum absolute atomic E-state index is 12.3. The molecule has 2 rings (SSSR count). The van der Waals surface area contributed by atoms with Crippen molar-refractivity contribution in [1.29, 1.82) is 0 Å². The van der Waals surface area contributed by atoms with Crippen LogP contribution in [0.1, 0.15) is 30.4 Å². The number of hydrogen-bond donors (Lipinski definition) is 1. The van der Waals surface area contributed by atoms with Crippen LogP contribution in [0.25, 0.3) is 0 Å². The summed E-state index contributed by atoms with van der Waals surface area (Å²) in [5.41, 5.74) is 7.91. The van der Waals surface area contributed by atoms with Gasteiger partial charge in [0, 0.05) is 26.7 Å². The van der Waals surface area contributed by atoms with Crippen molar-refractivity contribution in [2.45, 2.75) is 38.5 Å². The van der Waals surface area contributed by atoms with Crippen molar-refractivity contribution >= 4 is 5.91 Å². The van der Waals surface area contributed by atoms with Gasteiger partial charge in [-0.15, -0.1) is 0 Å². The minimum absolute atomic E-state index is 0.0755. The Morgan fingerprint density at radius 3 is 2.74 bits per heavy atom. The summed E-state index contributed by atoms with van der Waals surface area (Å²) in [7, 11) is 1.83. The van der Waals surface area contributed by atoms with Gasteiger partial charge >= 0.3 is 0 Å². The van der Waals surface area contributed by atoms with Gasteiger partial charge in [-0.1, -0.05) is 24.3 Å². The summed E-state index contributed by atoms with van der Waals surface area (Å²) >= 11 is 0. The molecule has 2 N–H and O–H groups in total. The lowest BCUT2D eigenvalue weighted by molar-refractivity contribution is -0.145. The van der Waals surface area contributed by atoms with Crippen LogP contribution in [0, 0.1) is 0 Å². The van der Waals surface area contributed by atoms with Crippen LogP contribution in [0.2, 0.25) is 0 Å². The number of likely N-dealkylation sites (N-methyl/N-ethyl adjacent to an activating group) is 1. The molecule has 0 spiro atoms. The summed E-state index contributed by atoms with van der Waals surface area (Å²) in [4.78, 5) is 14.0. The Bertz CT molecular complexity index is 428. The molecular weight excluding hydrogens is 240 g/mol. The summed E-state index contributed by atoms with van der Waals surface area (Å²) in [5.74, 6) is 0.0755. The summed E-state index contributed by atoms with van der Waals surface area (Å²) in [6.07, 6.45) is 2.71. The Morgan fingerprint density at radius 2 is 2.11 bits per heavy atom. The Labute approximate surface area is 114 Å². The van der Waals surface area contributed by atoms with Gasteiger partial charge in [-0.05, 0) is 30.4 Å². The van der Waals surface area contributed by atoms with Gasteiger partial charge in [-0.25, -0.2) is 0 Å². The van der Waals surface area contributed by atoms with E-state index in [0.717, 1.165) is 30.4 Å². The van der Waals surface area contributed by atoms with Gasteiger partial charge in [0.05, 0.1) is 0 Å². The molecule has 0 aliphatic carbocycles. The molecule has 1 fully saturated rings. The van der Waals surface area contributed by atoms with Crippen LogP contribution >= 0.6 is 0 Å². The first-order valence-electron chi connectivity index (χ1n) is 6.86. The molecule has 104 valence electrons. The van der Waals surface area contributed by atoms with E-state index in [9.17, 15) is 4.79 Å². The van der Waals surface area contributed by atoms with E-state index in [1.54, 1.807) is 4.90 Å². The molecule has 1 amide bonds. The average Bonchev–Trinajstić information content (AvgIpc) is 2.48. The van der Waals surface area contributed by atoms with Crippen LogP contribution in [0.5, 0.6) is 0 Å². The van der Waals surface area contributed by atoms with E-state index < -0.39 is 0 Å². The predicted octanol–water partition coefficient (Wildman–Crippen LogP) is 1.67. The van der Waals surface area contributed by atoms with Gasteiger partial charge in [-0.3, -0.25) is 4.79 Å². The van der Waals surface area contributed by atoms with Crippen LogP contribution in [0.4, 0.5) is 0 Å². The lowest BCUT2D eigenvalue weighted by Gasteiger charge is -2.27. The maximum atomic E-state index is 12.3. The fraction of sp³-hybridized carbons (Fsp3) is 0.533. The van der Waals surface area contributed by atoms with Crippen molar-refractivity contribution in [2.75, 3.05) is 13.7 Å². The van der Waals surface area contributed by atoms with Crippen LogP contribution in [-0.2, 0) is 22.6 Å². The zero-order valence-corrected chi connectivity index (χ0v) is 11.5. The van der Waals surface area contributed by atoms with Crippen LogP contribution in [0.3, 0.4) is 0 Å². The second-order valence-electron chi connectivity index (χ2n) is 5.02. The lowest BCUT2D eigenvalue weighted by atomic mass is 10.1. The number of carbonyl (C=O) groups is 1. The van der Waals surface area contributed by atoms with E-state index in [-0.39, 0.29) is 12.0 Å². The molecule has 1 unspecified atom stereocenters. The summed E-state index contributed by atoms with van der Waals surface area (Å²) in [5, 5.41) is 0. The normalized spacial score (nSPS) is 19.2. The first kappa shape index (κ1) is 14.0. The molecule has 1 atom stereocenters. The molecule has 4 nitrogen and oxygen atoms in total. The maximum Gasteiger partial charge on any atom is 0.251 e. The molecule has 0 radical (unpaired) electrons. The van der Waals surface area contributed by atoms with Crippen molar-refractivity contribution in [2.24, 2.45) is 5.73 Å². The summed E-state index contributed by atoms with van der Waals surface area (Å²) in [6, 6.07) is 7.97. The second-order valence-corrected chi connectivity index (χ2v) is 5.02. The monoisotopic (exact) mass is 262 g/mol. The number of rotatable bonds is 4. The van der Waals surface area contributed by atoms with Gasteiger partial charge in [-0.2, -0.15) is 0 Å². The predicted molar refractivity (Wildman–Crippen MR) is 74.4 cm³/mol. The highest BCUT2D eigenvalue weighted by atomic mass is 16.5. The standard InChI is InChI=1S/C15H22N2O2/c1-17(15(18)14-8-4-5-9-19-14)11-13-7-3-2-6-12(13)10-16/h2-3,6-7,14H,4-5,8-11,16H2,1H3. The molecule has 0 saturated carbocycles. The topological polar surface area (TPSA) is 55.6 Å². The van der Waals surface area contributed by atoms with E-state index in [1.165, 1.54) is 0 Å². The highest BCUT2D eigenvalue weighted by Crippen LogP contribution is 2.17. The quantitative estimate of drug-likeness (QED) is 0.898. The highest BCUT2D eigenvalue weighted by Gasteiger charge is 2.25. The summed E-state index contributed by atoms with van der Waals surface area (Å²) in [6.45, 7) is 1.79. The first-order valence-corrected chi connectivity index (χ1v) is 6.86. The van der Waals surface area contributed by atoms with E-state index in [2.05, 4.69) is 0 Å². The molecule has 1 aromatic rings. The minimum atomic E-state index is -0.260. The van der Waals surface area contributed by atoms with E-state index >= 15 is 0 Å². The molecular formula is C15H22N2O2. The Kier molecular flexibility index (Phi) is 4.93. The van der Waals surface area contributed by atoms with E-state index in [0.29, 0.717) is 19.7 Å². The van der Waals surface area contributed by atoms with E-state index in [4.69, 9.17) is 10.5 Å². The number of carbonyl (C=O) groups excluding carboxylic acids is 1. The molecule has 1 saturated heterocycles. The smallest absolute Gasteiger partial charge is 0.251 e. The van der Waals surface area contributed by atoms with Gasteiger partial charge in [0.25, 0.3) is 5.91 Å². The molecule has 1 aromatic carbocycles. The third-order valence-corrected chi connectivity index (χ3v) is 3.58. The zero-order valence-electron chi connectivity index (χ0n) is 11.5. The molecule has 19 heavy (non-hydrogen) atoms. The number of amides is 1. The lowest BCUT2D eigenvalue weighted by Crippen LogP contribution is -2.39. The van der Waals surface area contributed by atoms with Crippen LogP contribution in [0.15, 0.2) is 24.3 Å². The Balaban J connectivity index is 1.99. The largest absolute Gasteiger partial charge is 0.368 e. The fourth-order valence-electron chi connectivity index (χ4n) is 2.43. The number of ether oxygens (including phenoxy) is 1. The minimum Gasteiger partial charge on any atom is -0.368 e. The number of nitrogens with zero attached hydrogens (tertiary/aromatic N) is 1. The van der Waals surface area contributed by atoms with Gasteiger partial charge in [0.1, 0.15) is 6.10 Å². The van der Waals surface area contributed by atoms with Crippen LogP contribution < -0.4 is 5.73 Å². The molecule has 4 heteroatoms. The summed E-state index contributed by atoms with van der Waals surface area (Å²) < 4.78 is 5.54. The molecule has 1 aliphatic heterocycles. The second kappa shape index (κ2) is 6.68. The van der Waals surface area contributed by atoms with Crippen molar-refractivity contribution < 1.29 is 9.53 Å². The highest BCUT2D eigenvalue weighted by molar-refractivity contribution is 5.80. The van der Waals surface area contributed by atoms with Crippen molar-refractivity contribution in [3.8, 4) is 0 Å². The molecule has 1 aliphatic rings. The zero-order chi connectivity index (χ0) is 13.7. The van der Waals surface area contributed by atoms with Gasteiger partial charge < -0.3 is 15.4 Å². The van der Waals surface area contributed by atoms with Crippen molar-refractivity contribution in [1.82, 2.24) is 4.90 Å². The molecule has 0 bridgehead atoms. The SMILES string of the molecule is CN(Cc1ccccc1CN)C(=O)C1CCCCO1. The average molecular weight is 262 g/mol. The van der Waals surface area contributed by atoms with Crippen LogP contribution in [-0.4, -0.2) is 30.6 Å². The Morgan fingerprint density at radius 1 is 1.37 bits per heavy atom. The fourth-order valence-corrected chi connectivity index (χ4v) is 2.43. The number of benzene rings is 1. The molecule has 0 aromatic heterocycles. The van der Waals surface area contributed by atoms with Gasteiger partial charge in [0.15, 0.2) is 0 Å². The number of hydrogen-bond acceptors (Lipinski definition) is 3. The Hall–Kier alpha value is -1.39. The van der Waals surface area contributed by atoms with Crippen molar-refractivity contribution in [3.63, 3.8) is 0 Å².